The number of hydrogen-bond acceptors (Lipinski definition) is 4. The van der Waals surface area contributed by atoms with E-state index in [1.165, 1.54) is 16.5 Å². The van der Waals surface area contributed by atoms with E-state index in [1.807, 2.05) is 42.5 Å². The molecule has 8 aromatic carbocycles. The van der Waals surface area contributed by atoms with Crippen LogP contribution in [0.4, 0.5) is 0 Å². The van der Waals surface area contributed by atoms with E-state index in [0.29, 0.717) is 17.5 Å². The van der Waals surface area contributed by atoms with Crippen molar-refractivity contribution in [2.24, 2.45) is 0 Å². The van der Waals surface area contributed by atoms with Gasteiger partial charge in [-0.15, -0.1) is 0 Å². The van der Waals surface area contributed by atoms with Crippen molar-refractivity contribution in [3.05, 3.63) is 176 Å². The van der Waals surface area contributed by atoms with Crippen LogP contribution < -0.4 is 0 Å². The van der Waals surface area contributed by atoms with Crippen molar-refractivity contribution in [3.8, 4) is 56.4 Å². The van der Waals surface area contributed by atoms with E-state index < -0.39 is 0 Å². The molecule has 238 valence electrons. The van der Waals surface area contributed by atoms with Crippen LogP contribution in [0.2, 0.25) is 0 Å². The minimum absolute atomic E-state index is 0.592. The van der Waals surface area contributed by atoms with Gasteiger partial charge in [-0.1, -0.05) is 146 Å². The molecule has 0 radical (unpaired) electrons. The van der Waals surface area contributed by atoms with Crippen LogP contribution in [0.1, 0.15) is 0 Å². The van der Waals surface area contributed by atoms with Crippen molar-refractivity contribution in [2.45, 2.75) is 0 Å². The monoisotopic (exact) mass is 651 g/mol. The zero-order chi connectivity index (χ0) is 33.7. The van der Waals surface area contributed by atoms with Gasteiger partial charge in [-0.3, -0.25) is 0 Å². The molecule has 2 aromatic heterocycles. The van der Waals surface area contributed by atoms with E-state index in [-0.39, 0.29) is 0 Å². The van der Waals surface area contributed by atoms with E-state index >= 15 is 0 Å². The summed E-state index contributed by atoms with van der Waals surface area (Å²) in [6.07, 6.45) is 0. The molecule has 0 aliphatic carbocycles. The molecule has 0 aliphatic rings. The normalized spacial score (nSPS) is 11.5. The van der Waals surface area contributed by atoms with Gasteiger partial charge in [-0.2, -0.15) is 0 Å². The third-order valence-electron chi connectivity index (χ3n) is 9.68. The highest BCUT2D eigenvalue weighted by Gasteiger charge is 2.18. The summed E-state index contributed by atoms with van der Waals surface area (Å²) in [6.45, 7) is 0. The Morgan fingerprint density at radius 3 is 1.55 bits per heavy atom. The van der Waals surface area contributed by atoms with E-state index in [1.54, 1.807) is 0 Å². The Morgan fingerprint density at radius 2 is 0.843 bits per heavy atom. The number of aromatic nitrogens is 3. The third kappa shape index (κ3) is 5.13. The van der Waals surface area contributed by atoms with Crippen LogP contribution in [-0.4, -0.2) is 15.0 Å². The third-order valence-corrected chi connectivity index (χ3v) is 9.68. The Morgan fingerprint density at radius 1 is 0.314 bits per heavy atom. The van der Waals surface area contributed by atoms with Crippen LogP contribution in [0, 0.1) is 0 Å². The average Bonchev–Trinajstić information content (AvgIpc) is 3.57. The molecular formula is C47H29N3O. The van der Waals surface area contributed by atoms with Crippen LogP contribution in [0.3, 0.4) is 0 Å². The van der Waals surface area contributed by atoms with Gasteiger partial charge in [0.1, 0.15) is 11.2 Å². The molecule has 51 heavy (non-hydrogen) atoms. The topological polar surface area (TPSA) is 51.8 Å². The van der Waals surface area contributed by atoms with Gasteiger partial charge in [0.15, 0.2) is 17.5 Å². The summed E-state index contributed by atoms with van der Waals surface area (Å²) >= 11 is 0. The Bertz CT molecular complexity index is 2900. The van der Waals surface area contributed by atoms with Crippen molar-refractivity contribution in [1.82, 2.24) is 15.0 Å². The maximum absolute atomic E-state index is 6.76. The summed E-state index contributed by atoms with van der Waals surface area (Å²) in [7, 11) is 0. The second-order valence-corrected chi connectivity index (χ2v) is 12.8. The second-order valence-electron chi connectivity index (χ2n) is 12.8. The number of furan rings is 1. The number of rotatable bonds is 5. The first-order valence-corrected chi connectivity index (χ1v) is 17.1. The fraction of sp³-hybridized carbons (Fsp3) is 0. The number of hydrogen-bond donors (Lipinski definition) is 0. The Labute approximate surface area is 294 Å². The molecule has 0 atom stereocenters. The standard InChI is InChI=1S/C47H29N3O/c1-4-12-30(13-5-1)33-20-21-35-27-37(23-22-34(35)26-33)46-48-45(32-16-8-3-9-17-32)49-47(50-46)38-24-25-40-41-28-36-18-10-11-19-39(36)43(31-14-6-2-7-15-31)44(41)51-42(40)29-38/h1-29H. The van der Waals surface area contributed by atoms with Crippen molar-refractivity contribution in [3.63, 3.8) is 0 Å². The van der Waals surface area contributed by atoms with Crippen LogP contribution in [0.25, 0.3) is 99.9 Å². The van der Waals surface area contributed by atoms with Crippen LogP contribution in [0.5, 0.6) is 0 Å². The smallest absolute Gasteiger partial charge is 0.164 e. The lowest BCUT2D eigenvalue weighted by Crippen LogP contribution is -2.00. The van der Waals surface area contributed by atoms with E-state index in [2.05, 4.69) is 133 Å². The van der Waals surface area contributed by atoms with Gasteiger partial charge in [0.2, 0.25) is 0 Å². The van der Waals surface area contributed by atoms with Crippen LogP contribution in [0.15, 0.2) is 180 Å². The summed E-state index contributed by atoms with van der Waals surface area (Å²) in [6, 6.07) is 61.0. The van der Waals surface area contributed by atoms with Crippen LogP contribution >= 0.6 is 0 Å². The molecule has 0 spiro atoms. The molecule has 0 fully saturated rings. The lowest BCUT2D eigenvalue weighted by Gasteiger charge is -2.10. The minimum atomic E-state index is 0.592. The summed E-state index contributed by atoms with van der Waals surface area (Å²) < 4.78 is 6.76. The molecule has 10 rings (SSSR count). The Hall–Kier alpha value is -6.91. The van der Waals surface area contributed by atoms with Gasteiger partial charge in [-0.25, -0.2) is 15.0 Å². The maximum Gasteiger partial charge on any atom is 0.164 e. The summed E-state index contributed by atoms with van der Waals surface area (Å²) in [4.78, 5) is 15.1. The van der Waals surface area contributed by atoms with Gasteiger partial charge < -0.3 is 4.42 Å². The molecule has 0 N–H and O–H groups in total. The highest BCUT2D eigenvalue weighted by Crippen LogP contribution is 2.42. The zero-order valence-corrected chi connectivity index (χ0v) is 27.5. The van der Waals surface area contributed by atoms with Crippen molar-refractivity contribution >= 4 is 43.5 Å². The lowest BCUT2D eigenvalue weighted by molar-refractivity contribution is 0.670. The highest BCUT2D eigenvalue weighted by molar-refractivity contribution is 6.18. The number of fused-ring (bicyclic) bond motifs is 5. The highest BCUT2D eigenvalue weighted by atomic mass is 16.3. The first kappa shape index (κ1) is 29.0. The summed E-state index contributed by atoms with van der Waals surface area (Å²) in [5.74, 6) is 1.84. The Kier molecular flexibility index (Phi) is 6.78. The van der Waals surface area contributed by atoms with Gasteiger partial charge >= 0.3 is 0 Å². The number of nitrogens with zero attached hydrogens (tertiary/aromatic N) is 3. The van der Waals surface area contributed by atoms with Crippen molar-refractivity contribution in [2.75, 3.05) is 0 Å². The minimum Gasteiger partial charge on any atom is -0.455 e. The summed E-state index contributed by atoms with van der Waals surface area (Å²) in [5, 5.41) is 6.77. The van der Waals surface area contributed by atoms with E-state index in [4.69, 9.17) is 19.4 Å². The number of benzene rings is 8. The largest absolute Gasteiger partial charge is 0.455 e. The predicted molar refractivity (Wildman–Crippen MR) is 209 cm³/mol. The molecule has 0 saturated heterocycles. The first-order chi connectivity index (χ1) is 25.2. The average molecular weight is 652 g/mol. The van der Waals surface area contributed by atoms with E-state index in [0.717, 1.165) is 65.9 Å². The lowest BCUT2D eigenvalue weighted by atomic mass is 9.95. The molecule has 0 amide bonds. The van der Waals surface area contributed by atoms with Gasteiger partial charge in [0, 0.05) is 33.0 Å². The van der Waals surface area contributed by atoms with Gasteiger partial charge in [-0.05, 0) is 68.6 Å². The fourth-order valence-corrected chi connectivity index (χ4v) is 7.15. The molecular weight excluding hydrogens is 623 g/mol. The molecule has 0 aliphatic heterocycles. The molecule has 4 nitrogen and oxygen atoms in total. The molecule has 4 heteroatoms. The summed E-state index contributed by atoms with van der Waals surface area (Å²) in [5.41, 5.74) is 9.00. The first-order valence-electron chi connectivity index (χ1n) is 17.1. The van der Waals surface area contributed by atoms with Crippen molar-refractivity contribution < 1.29 is 4.42 Å². The SMILES string of the molecule is c1ccc(-c2ccc3cc(-c4nc(-c5ccccc5)nc(-c5ccc6c(c5)oc5c(-c7ccccc7)c7ccccc7cc56)n4)ccc3c2)cc1. The molecule has 10 aromatic rings. The fourth-order valence-electron chi connectivity index (χ4n) is 7.15. The van der Waals surface area contributed by atoms with E-state index in [9.17, 15) is 0 Å². The van der Waals surface area contributed by atoms with Crippen molar-refractivity contribution in [1.29, 1.82) is 0 Å². The molecule has 0 bridgehead atoms. The zero-order valence-electron chi connectivity index (χ0n) is 27.5. The second kappa shape index (κ2) is 11.9. The Balaban J connectivity index is 1.13. The molecule has 2 heterocycles. The van der Waals surface area contributed by atoms with Gasteiger partial charge in [0.05, 0.1) is 0 Å². The molecule has 0 saturated carbocycles. The van der Waals surface area contributed by atoms with Gasteiger partial charge in [0.25, 0.3) is 0 Å². The molecule has 0 unspecified atom stereocenters. The quantitative estimate of drug-likeness (QED) is 0.186. The van der Waals surface area contributed by atoms with Crippen LogP contribution in [-0.2, 0) is 0 Å². The maximum atomic E-state index is 6.76. The predicted octanol–water partition coefficient (Wildman–Crippen LogP) is 12.4.